The van der Waals surface area contributed by atoms with Crippen LogP contribution >= 0.6 is 24.0 Å². The highest BCUT2D eigenvalue weighted by Crippen LogP contribution is 2.18. The molecule has 3 aromatic rings. The number of aliphatic imine (C=N–C) groups is 1. The summed E-state index contributed by atoms with van der Waals surface area (Å²) in [6, 6.07) is 13.8. The van der Waals surface area contributed by atoms with Crippen molar-refractivity contribution >= 4 is 41.5 Å². The number of nitrogens with one attached hydrogen (secondary N) is 1. The molecule has 1 N–H and O–H groups in total. The molecule has 9 nitrogen and oxygen atoms in total. The molecule has 1 aromatic carbocycles. The first kappa shape index (κ1) is 24.5. The molecule has 2 aromatic heterocycles. The molecule has 0 atom stereocenters. The maximum atomic E-state index is 12.7. The van der Waals surface area contributed by atoms with Crippen molar-refractivity contribution in [1.82, 2.24) is 25.0 Å². The van der Waals surface area contributed by atoms with Gasteiger partial charge in [-0.3, -0.25) is 14.5 Å². The van der Waals surface area contributed by atoms with Crippen LogP contribution in [-0.2, 0) is 25.0 Å². The van der Waals surface area contributed by atoms with Gasteiger partial charge in [0, 0.05) is 51.7 Å². The maximum absolute atomic E-state index is 12.7. The average Bonchev–Trinajstić information content (AvgIpc) is 3.25. The van der Waals surface area contributed by atoms with Crippen LogP contribution in [0, 0.1) is 0 Å². The molecule has 10 heteroatoms. The first-order valence-corrected chi connectivity index (χ1v) is 10.5. The summed E-state index contributed by atoms with van der Waals surface area (Å²) in [5.74, 6) is 1.26. The number of hydrogen-bond donors (Lipinski definition) is 1. The van der Waals surface area contributed by atoms with E-state index in [1.807, 2.05) is 60.6 Å². The summed E-state index contributed by atoms with van der Waals surface area (Å²) in [5.41, 5.74) is 2.82. The predicted molar refractivity (Wildman–Crippen MR) is 138 cm³/mol. The van der Waals surface area contributed by atoms with Crippen molar-refractivity contribution in [3.05, 3.63) is 72.2 Å². The highest BCUT2D eigenvalue weighted by molar-refractivity contribution is 14.0. The zero-order valence-electron chi connectivity index (χ0n) is 18.7. The van der Waals surface area contributed by atoms with Crippen molar-refractivity contribution in [1.29, 1.82) is 0 Å². The summed E-state index contributed by atoms with van der Waals surface area (Å²) in [4.78, 5) is 25.2. The fourth-order valence-electron chi connectivity index (χ4n) is 3.60. The molecule has 1 fully saturated rings. The number of anilines is 1. The van der Waals surface area contributed by atoms with E-state index in [1.165, 1.54) is 0 Å². The Morgan fingerprint density at radius 1 is 1.18 bits per heavy atom. The maximum Gasteiger partial charge on any atom is 0.246 e. The van der Waals surface area contributed by atoms with E-state index in [0.29, 0.717) is 38.1 Å². The molecule has 4 rings (SSSR count). The lowest BCUT2D eigenvalue weighted by Gasteiger charge is -2.35. The standard InChI is InChI=1S/C23H27N7O2.HI/c1-24-23(29-11-12-30(21(31)16-29)20-14-27-28(2)15-20)26-13-19-9-6-10-25-22(19)32-17-18-7-4-3-5-8-18;/h3-10,14-15H,11-13,16-17H2,1-2H3,(H,24,26);1H. The molecule has 0 radical (unpaired) electrons. The molecule has 1 aliphatic heterocycles. The summed E-state index contributed by atoms with van der Waals surface area (Å²) in [7, 11) is 3.56. The average molecular weight is 561 g/mol. The summed E-state index contributed by atoms with van der Waals surface area (Å²) >= 11 is 0. The smallest absolute Gasteiger partial charge is 0.246 e. The molecule has 3 heterocycles. The number of aryl methyl sites for hydroxylation is 1. The number of carbonyl (C=O) groups excluding carboxylic acids is 1. The monoisotopic (exact) mass is 561 g/mol. The Labute approximate surface area is 210 Å². The Morgan fingerprint density at radius 2 is 2.00 bits per heavy atom. The SMILES string of the molecule is CN=C(NCc1cccnc1OCc1ccccc1)N1CCN(c2cnn(C)c2)C(=O)C1.I. The van der Waals surface area contributed by atoms with E-state index in [1.54, 1.807) is 29.0 Å². The molecular formula is C23H28IN7O2. The minimum atomic E-state index is 0. The minimum absolute atomic E-state index is 0. The van der Waals surface area contributed by atoms with E-state index in [0.717, 1.165) is 16.8 Å². The van der Waals surface area contributed by atoms with Gasteiger partial charge in [0.2, 0.25) is 11.8 Å². The molecule has 174 valence electrons. The fraction of sp³-hybridized carbons (Fsp3) is 0.304. The Balaban J connectivity index is 0.00000306. The number of nitrogens with zero attached hydrogens (tertiary/aromatic N) is 6. The number of benzene rings is 1. The number of ether oxygens (including phenoxy) is 1. The van der Waals surface area contributed by atoms with Crippen molar-refractivity contribution in [3.8, 4) is 5.88 Å². The van der Waals surface area contributed by atoms with Gasteiger partial charge in [-0.15, -0.1) is 24.0 Å². The van der Waals surface area contributed by atoms with E-state index >= 15 is 0 Å². The van der Waals surface area contributed by atoms with Crippen LogP contribution in [-0.4, -0.2) is 58.2 Å². The largest absolute Gasteiger partial charge is 0.473 e. The summed E-state index contributed by atoms with van der Waals surface area (Å²) in [6.45, 7) is 2.43. The summed E-state index contributed by atoms with van der Waals surface area (Å²) in [5, 5.41) is 7.50. The number of guanidine groups is 1. The van der Waals surface area contributed by atoms with Gasteiger partial charge in [-0.05, 0) is 11.6 Å². The Morgan fingerprint density at radius 3 is 2.70 bits per heavy atom. The second kappa shape index (κ2) is 11.6. The fourth-order valence-corrected chi connectivity index (χ4v) is 3.60. The number of rotatable bonds is 6. The number of piperazine rings is 1. The lowest BCUT2D eigenvalue weighted by atomic mass is 10.2. The molecule has 0 saturated carbocycles. The molecule has 1 amide bonds. The van der Waals surface area contributed by atoms with Crippen molar-refractivity contribution in [2.45, 2.75) is 13.2 Å². The van der Waals surface area contributed by atoms with Gasteiger partial charge in [-0.1, -0.05) is 36.4 Å². The van der Waals surface area contributed by atoms with Crippen LogP contribution in [0.4, 0.5) is 5.69 Å². The predicted octanol–water partition coefficient (Wildman–Crippen LogP) is 2.44. The Hall–Kier alpha value is -3.15. The van der Waals surface area contributed by atoms with Crippen LogP contribution in [0.5, 0.6) is 5.88 Å². The van der Waals surface area contributed by atoms with E-state index < -0.39 is 0 Å². The number of halogens is 1. The van der Waals surface area contributed by atoms with Gasteiger partial charge in [-0.25, -0.2) is 4.98 Å². The van der Waals surface area contributed by atoms with E-state index in [2.05, 4.69) is 20.4 Å². The minimum Gasteiger partial charge on any atom is -0.473 e. The molecular weight excluding hydrogens is 533 g/mol. The summed E-state index contributed by atoms with van der Waals surface area (Å²) in [6.07, 6.45) is 5.27. The van der Waals surface area contributed by atoms with Gasteiger partial charge in [-0.2, -0.15) is 5.10 Å². The number of hydrogen-bond acceptors (Lipinski definition) is 5. The Kier molecular flexibility index (Phi) is 8.64. The van der Waals surface area contributed by atoms with Crippen LogP contribution in [0.1, 0.15) is 11.1 Å². The van der Waals surface area contributed by atoms with Crippen LogP contribution < -0.4 is 15.0 Å². The van der Waals surface area contributed by atoms with Crippen molar-refractivity contribution < 1.29 is 9.53 Å². The molecule has 33 heavy (non-hydrogen) atoms. The normalized spacial score (nSPS) is 14.1. The number of amides is 1. The van der Waals surface area contributed by atoms with E-state index in [-0.39, 0.29) is 36.4 Å². The zero-order chi connectivity index (χ0) is 22.3. The van der Waals surface area contributed by atoms with Gasteiger partial charge in [0.25, 0.3) is 0 Å². The van der Waals surface area contributed by atoms with Crippen molar-refractivity contribution in [3.63, 3.8) is 0 Å². The van der Waals surface area contributed by atoms with E-state index in [9.17, 15) is 4.79 Å². The van der Waals surface area contributed by atoms with Crippen LogP contribution in [0.15, 0.2) is 66.0 Å². The second-order valence-corrected chi connectivity index (χ2v) is 7.48. The third-order valence-electron chi connectivity index (χ3n) is 5.24. The van der Waals surface area contributed by atoms with Gasteiger partial charge >= 0.3 is 0 Å². The molecule has 0 aliphatic carbocycles. The van der Waals surface area contributed by atoms with E-state index in [4.69, 9.17) is 4.74 Å². The molecule has 1 aliphatic rings. The number of carbonyl (C=O) groups is 1. The zero-order valence-corrected chi connectivity index (χ0v) is 21.0. The van der Waals surface area contributed by atoms with Crippen LogP contribution in [0.25, 0.3) is 0 Å². The van der Waals surface area contributed by atoms with Crippen LogP contribution in [0.2, 0.25) is 0 Å². The van der Waals surface area contributed by atoms with Crippen molar-refractivity contribution in [2.75, 3.05) is 31.6 Å². The third kappa shape index (κ3) is 6.21. The second-order valence-electron chi connectivity index (χ2n) is 7.48. The topological polar surface area (TPSA) is 87.9 Å². The van der Waals surface area contributed by atoms with Crippen LogP contribution in [0.3, 0.4) is 0 Å². The van der Waals surface area contributed by atoms with Gasteiger partial charge in [0.05, 0.1) is 11.9 Å². The molecule has 0 unspecified atom stereocenters. The molecule has 1 saturated heterocycles. The number of aromatic nitrogens is 3. The molecule has 0 bridgehead atoms. The lowest BCUT2D eigenvalue weighted by molar-refractivity contribution is -0.120. The van der Waals surface area contributed by atoms with Gasteiger partial charge < -0.3 is 19.9 Å². The van der Waals surface area contributed by atoms with Crippen molar-refractivity contribution in [2.24, 2.45) is 12.0 Å². The summed E-state index contributed by atoms with van der Waals surface area (Å²) < 4.78 is 7.64. The Bertz CT molecular complexity index is 1090. The molecule has 0 spiro atoms. The quantitative estimate of drug-likeness (QED) is 0.283. The highest BCUT2D eigenvalue weighted by atomic mass is 127. The van der Waals surface area contributed by atoms with Gasteiger partial charge in [0.15, 0.2) is 5.96 Å². The third-order valence-corrected chi connectivity index (χ3v) is 5.24. The first-order chi connectivity index (χ1) is 15.6. The van der Waals surface area contributed by atoms with Gasteiger partial charge in [0.1, 0.15) is 13.2 Å². The first-order valence-electron chi connectivity index (χ1n) is 10.5. The lowest BCUT2D eigenvalue weighted by Crippen LogP contribution is -2.55. The number of pyridine rings is 1. The highest BCUT2D eigenvalue weighted by Gasteiger charge is 2.27.